The van der Waals surface area contributed by atoms with Crippen molar-refractivity contribution in [2.45, 2.75) is 39.4 Å². The van der Waals surface area contributed by atoms with Crippen molar-refractivity contribution in [3.05, 3.63) is 52.2 Å². The quantitative estimate of drug-likeness (QED) is 0.652. The standard InChI is InChI=1S/C21H21F3N4O/c1-20(2,11-21(22,23)24)12-28-17-8-7-16(26-18(17)27(3)19(28)29)14-9-13-5-4-6-15(13)25-10-14/h4-5,7-10H,6,11-12H2,1-3H3. The molecule has 0 aromatic carbocycles. The summed E-state index contributed by atoms with van der Waals surface area (Å²) in [4.78, 5) is 21.8. The van der Waals surface area contributed by atoms with Crippen molar-refractivity contribution in [2.75, 3.05) is 0 Å². The number of hydrogen-bond donors (Lipinski definition) is 0. The van der Waals surface area contributed by atoms with Crippen LogP contribution in [-0.4, -0.2) is 25.3 Å². The molecule has 0 atom stereocenters. The number of aryl methyl sites for hydroxylation is 1. The van der Waals surface area contributed by atoms with E-state index in [-0.39, 0.29) is 12.2 Å². The van der Waals surface area contributed by atoms with Crippen molar-refractivity contribution in [3.63, 3.8) is 0 Å². The van der Waals surface area contributed by atoms with Gasteiger partial charge in [-0.1, -0.05) is 26.0 Å². The minimum absolute atomic E-state index is 0.0467. The van der Waals surface area contributed by atoms with Crippen LogP contribution in [0.25, 0.3) is 28.5 Å². The molecule has 0 radical (unpaired) electrons. The summed E-state index contributed by atoms with van der Waals surface area (Å²) in [5.74, 6) is 0. The van der Waals surface area contributed by atoms with Gasteiger partial charge in [0.1, 0.15) is 0 Å². The number of alkyl halides is 3. The minimum atomic E-state index is -4.29. The van der Waals surface area contributed by atoms with Crippen LogP contribution in [-0.2, 0) is 20.0 Å². The fraction of sp³-hybridized carbons (Fsp3) is 0.381. The van der Waals surface area contributed by atoms with Gasteiger partial charge >= 0.3 is 11.9 Å². The molecule has 1 aliphatic carbocycles. The van der Waals surface area contributed by atoms with Crippen LogP contribution in [0.4, 0.5) is 13.2 Å². The largest absolute Gasteiger partial charge is 0.389 e. The van der Waals surface area contributed by atoms with Crippen molar-refractivity contribution in [1.29, 1.82) is 0 Å². The third-order valence-corrected chi connectivity index (χ3v) is 5.15. The summed E-state index contributed by atoms with van der Waals surface area (Å²) in [6.07, 6.45) is 1.36. The lowest BCUT2D eigenvalue weighted by atomic mass is 9.89. The number of aromatic nitrogens is 4. The third kappa shape index (κ3) is 3.71. The van der Waals surface area contributed by atoms with Crippen LogP contribution in [0.1, 0.15) is 31.5 Å². The van der Waals surface area contributed by atoms with Gasteiger partial charge in [-0.2, -0.15) is 13.2 Å². The van der Waals surface area contributed by atoms with Crippen LogP contribution in [0, 0.1) is 5.41 Å². The van der Waals surface area contributed by atoms with Crippen LogP contribution >= 0.6 is 0 Å². The minimum Gasteiger partial charge on any atom is -0.290 e. The summed E-state index contributed by atoms with van der Waals surface area (Å²) >= 11 is 0. The van der Waals surface area contributed by atoms with E-state index in [1.54, 1.807) is 25.4 Å². The molecule has 0 aliphatic heterocycles. The SMILES string of the molecule is Cn1c(=O)n(CC(C)(C)CC(F)(F)F)c2ccc(-c3cnc4c(c3)C=CC4)nc21. The zero-order chi connectivity index (χ0) is 21.0. The molecule has 3 aromatic rings. The van der Waals surface area contributed by atoms with Gasteiger partial charge in [0.25, 0.3) is 0 Å². The molecule has 4 rings (SSSR count). The van der Waals surface area contributed by atoms with Gasteiger partial charge in [0.2, 0.25) is 0 Å². The smallest absolute Gasteiger partial charge is 0.290 e. The molecule has 0 amide bonds. The van der Waals surface area contributed by atoms with Crippen LogP contribution in [0.5, 0.6) is 0 Å². The maximum absolute atomic E-state index is 12.9. The van der Waals surface area contributed by atoms with Gasteiger partial charge < -0.3 is 0 Å². The molecule has 3 heterocycles. The molecule has 0 N–H and O–H groups in total. The van der Waals surface area contributed by atoms with E-state index in [2.05, 4.69) is 9.97 Å². The lowest BCUT2D eigenvalue weighted by Crippen LogP contribution is -2.32. The first-order valence-corrected chi connectivity index (χ1v) is 9.33. The summed E-state index contributed by atoms with van der Waals surface area (Å²) in [7, 11) is 1.58. The predicted octanol–water partition coefficient (Wildman–Crippen LogP) is 4.34. The highest BCUT2D eigenvalue weighted by atomic mass is 19.4. The summed E-state index contributed by atoms with van der Waals surface area (Å²) in [6, 6.07) is 5.52. The fourth-order valence-corrected chi connectivity index (χ4v) is 3.88. The van der Waals surface area contributed by atoms with Gasteiger partial charge in [0.15, 0.2) is 5.65 Å². The lowest BCUT2D eigenvalue weighted by Gasteiger charge is -2.26. The topological polar surface area (TPSA) is 52.7 Å². The van der Waals surface area contributed by atoms with Gasteiger partial charge in [-0.25, -0.2) is 9.78 Å². The average molecular weight is 402 g/mol. The Hall–Kier alpha value is -2.90. The van der Waals surface area contributed by atoms with Gasteiger partial charge in [-0.15, -0.1) is 0 Å². The molecule has 0 fully saturated rings. The van der Waals surface area contributed by atoms with Crippen LogP contribution < -0.4 is 5.69 Å². The Labute approximate surface area is 165 Å². The lowest BCUT2D eigenvalue weighted by molar-refractivity contribution is -0.155. The Kier molecular flexibility index (Phi) is 4.40. The Bertz CT molecular complexity index is 1190. The Balaban J connectivity index is 1.75. The first-order chi connectivity index (χ1) is 13.5. The molecule has 0 unspecified atom stereocenters. The second kappa shape index (κ2) is 6.57. The van der Waals surface area contributed by atoms with E-state index in [1.807, 2.05) is 18.2 Å². The van der Waals surface area contributed by atoms with Gasteiger partial charge in [-0.3, -0.25) is 14.1 Å². The summed E-state index contributed by atoms with van der Waals surface area (Å²) < 4.78 is 41.4. The zero-order valence-electron chi connectivity index (χ0n) is 16.4. The van der Waals surface area contributed by atoms with E-state index in [1.165, 1.54) is 23.0 Å². The monoisotopic (exact) mass is 402 g/mol. The number of fused-ring (bicyclic) bond motifs is 2. The molecule has 29 heavy (non-hydrogen) atoms. The van der Waals surface area contributed by atoms with Crippen LogP contribution in [0.3, 0.4) is 0 Å². The van der Waals surface area contributed by atoms with Gasteiger partial charge in [-0.05, 0) is 29.2 Å². The summed E-state index contributed by atoms with van der Waals surface area (Å²) in [5, 5.41) is 0. The zero-order valence-corrected chi connectivity index (χ0v) is 16.4. The van der Waals surface area contributed by atoms with E-state index in [9.17, 15) is 18.0 Å². The first kappa shape index (κ1) is 19.4. The molecule has 0 spiro atoms. The number of nitrogens with zero attached hydrogens (tertiary/aromatic N) is 4. The number of pyridine rings is 2. The van der Waals surface area contributed by atoms with Crippen molar-refractivity contribution >= 4 is 17.2 Å². The molecule has 152 valence electrons. The predicted molar refractivity (Wildman–Crippen MR) is 105 cm³/mol. The normalized spacial score (nSPS) is 14.0. The van der Waals surface area contributed by atoms with E-state index >= 15 is 0 Å². The molecule has 8 heteroatoms. The van der Waals surface area contributed by atoms with E-state index < -0.39 is 18.0 Å². The van der Waals surface area contributed by atoms with Crippen molar-refractivity contribution in [1.82, 2.24) is 19.1 Å². The number of hydrogen-bond acceptors (Lipinski definition) is 3. The highest BCUT2D eigenvalue weighted by Gasteiger charge is 2.37. The summed E-state index contributed by atoms with van der Waals surface area (Å²) in [6.45, 7) is 2.98. The molecule has 0 bridgehead atoms. The second-order valence-corrected chi connectivity index (χ2v) is 8.29. The highest BCUT2D eigenvalue weighted by Crippen LogP contribution is 2.35. The first-order valence-electron chi connectivity index (χ1n) is 9.33. The molecular formula is C21H21F3N4O. The number of imidazole rings is 1. The molecule has 0 saturated carbocycles. The number of allylic oxidation sites excluding steroid dienone is 1. The average Bonchev–Trinajstić information content (AvgIpc) is 3.18. The maximum Gasteiger partial charge on any atom is 0.389 e. The molecule has 5 nitrogen and oxygen atoms in total. The van der Waals surface area contributed by atoms with Gasteiger partial charge in [0, 0.05) is 31.8 Å². The van der Waals surface area contributed by atoms with Crippen LogP contribution in [0.2, 0.25) is 0 Å². The van der Waals surface area contributed by atoms with Crippen molar-refractivity contribution in [3.8, 4) is 11.3 Å². The fourth-order valence-electron chi connectivity index (χ4n) is 3.88. The number of rotatable bonds is 4. The van der Waals surface area contributed by atoms with Crippen LogP contribution in [0.15, 0.2) is 35.3 Å². The molecule has 1 aliphatic rings. The van der Waals surface area contributed by atoms with E-state index in [0.717, 1.165) is 23.2 Å². The summed E-state index contributed by atoms with van der Waals surface area (Å²) in [5.41, 5.74) is 3.01. The second-order valence-electron chi connectivity index (χ2n) is 8.29. The van der Waals surface area contributed by atoms with Crippen molar-refractivity contribution < 1.29 is 13.2 Å². The van der Waals surface area contributed by atoms with Gasteiger partial charge in [0.05, 0.1) is 23.3 Å². The molecule has 3 aromatic heterocycles. The maximum atomic E-state index is 12.9. The Morgan fingerprint density at radius 2 is 1.97 bits per heavy atom. The third-order valence-electron chi connectivity index (χ3n) is 5.15. The Morgan fingerprint density at radius 3 is 2.69 bits per heavy atom. The Morgan fingerprint density at radius 1 is 1.21 bits per heavy atom. The van der Waals surface area contributed by atoms with E-state index in [0.29, 0.717) is 16.9 Å². The highest BCUT2D eigenvalue weighted by molar-refractivity contribution is 5.77. The molecule has 0 saturated heterocycles. The van der Waals surface area contributed by atoms with Crippen molar-refractivity contribution in [2.24, 2.45) is 12.5 Å². The molecular weight excluding hydrogens is 381 g/mol. The van der Waals surface area contributed by atoms with E-state index in [4.69, 9.17) is 0 Å². The number of halogens is 3.